The van der Waals surface area contributed by atoms with Crippen molar-refractivity contribution in [2.75, 3.05) is 7.11 Å². The second kappa shape index (κ2) is 16.1. The van der Waals surface area contributed by atoms with E-state index in [2.05, 4.69) is 0 Å². The Balaban J connectivity index is 0.000000278. The largest absolute Gasteiger partial charge is 0.497 e. The number of hydrogen-bond donors (Lipinski definition) is 0. The maximum atomic E-state index is 11.0. The van der Waals surface area contributed by atoms with Crippen molar-refractivity contribution < 1.29 is 28.7 Å². The van der Waals surface area contributed by atoms with Gasteiger partial charge in [0.15, 0.2) is 17.3 Å². The Bertz CT molecular complexity index is 1030. The molecule has 0 N–H and O–H groups in total. The second-order valence-corrected chi connectivity index (χ2v) is 9.18. The van der Waals surface area contributed by atoms with Crippen molar-refractivity contribution >= 4 is 35.0 Å². The molecule has 0 unspecified atom stereocenters. The lowest BCUT2D eigenvalue weighted by molar-refractivity contribution is -0.126. The minimum Gasteiger partial charge on any atom is -0.497 e. The molecule has 0 heterocycles. The zero-order chi connectivity index (χ0) is 28.0. The molecule has 1 aliphatic rings. The van der Waals surface area contributed by atoms with Crippen LogP contribution in [0.15, 0.2) is 54.6 Å². The molecule has 0 atom stereocenters. The molecule has 198 valence electrons. The lowest BCUT2D eigenvalue weighted by atomic mass is 9.79. The number of benzene rings is 2. The Morgan fingerprint density at radius 2 is 1.03 bits per heavy atom. The number of hydrogen-bond acceptors (Lipinski definition) is 6. The minimum absolute atomic E-state index is 0.0186. The molecular formula is C31H38O6. The van der Waals surface area contributed by atoms with Crippen LogP contribution in [0.3, 0.4) is 0 Å². The lowest BCUT2D eigenvalue weighted by Gasteiger charge is -2.24. The first-order valence-corrected chi connectivity index (χ1v) is 12.4. The number of Topliss-reactive ketones (excluding diaryl/α,β-unsaturated/α-hetero) is 4. The molecular weight excluding hydrogens is 468 g/mol. The van der Waals surface area contributed by atoms with Crippen LogP contribution in [0.1, 0.15) is 86.6 Å². The number of carbonyl (C=O) groups is 5. The first-order valence-electron chi connectivity index (χ1n) is 12.4. The van der Waals surface area contributed by atoms with E-state index in [0.29, 0.717) is 11.1 Å². The summed E-state index contributed by atoms with van der Waals surface area (Å²) in [6.07, 6.45) is 6.99. The summed E-state index contributed by atoms with van der Waals surface area (Å²) in [7, 11) is 1.63. The van der Waals surface area contributed by atoms with E-state index in [0.717, 1.165) is 37.0 Å². The molecule has 0 bridgehead atoms. The smallest absolute Gasteiger partial charge is 0.159 e. The monoisotopic (exact) mass is 506 g/mol. The lowest BCUT2D eigenvalue weighted by Crippen LogP contribution is -2.23. The van der Waals surface area contributed by atoms with E-state index in [1.165, 1.54) is 20.8 Å². The van der Waals surface area contributed by atoms with Crippen LogP contribution in [0.2, 0.25) is 0 Å². The van der Waals surface area contributed by atoms with Gasteiger partial charge >= 0.3 is 0 Å². The number of rotatable bonds is 7. The zero-order valence-electron chi connectivity index (χ0n) is 22.7. The maximum Gasteiger partial charge on any atom is 0.159 e. The third-order valence-corrected chi connectivity index (χ3v) is 6.20. The predicted molar refractivity (Wildman–Crippen MR) is 146 cm³/mol. The molecule has 1 saturated carbocycles. The highest BCUT2D eigenvalue weighted by Crippen LogP contribution is 2.29. The number of methoxy groups -OCH3 is 1. The van der Waals surface area contributed by atoms with Crippen LogP contribution in [-0.2, 0) is 14.4 Å². The molecule has 0 spiro atoms. The second-order valence-electron chi connectivity index (χ2n) is 9.18. The fourth-order valence-corrected chi connectivity index (χ4v) is 3.77. The average molecular weight is 507 g/mol. The molecule has 37 heavy (non-hydrogen) atoms. The van der Waals surface area contributed by atoms with Crippen molar-refractivity contribution in [1.29, 1.82) is 0 Å². The summed E-state index contributed by atoms with van der Waals surface area (Å²) < 4.78 is 5.00. The summed E-state index contributed by atoms with van der Waals surface area (Å²) in [4.78, 5) is 54.3. The van der Waals surface area contributed by atoms with Gasteiger partial charge < -0.3 is 4.74 Å². The molecule has 0 amide bonds. The van der Waals surface area contributed by atoms with Crippen LogP contribution in [0.25, 0.3) is 6.08 Å². The first-order chi connectivity index (χ1) is 17.4. The van der Waals surface area contributed by atoms with Crippen molar-refractivity contribution in [2.45, 2.75) is 60.3 Å². The molecule has 2 aromatic carbocycles. The van der Waals surface area contributed by atoms with Gasteiger partial charge in [0.2, 0.25) is 0 Å². The van der Waals surface area contributed by atoms with Crippen LogP contribution in [0.4, 0.5) is 0 Å². The number of allylic oxidation sites excluding steroid dienone is 1. The molecule has 6 nitrogen and oxygen atoms in total. The van der Waals surface area contributed by atoms with E-state index in [-0.39, 0.29) is 40.8 Å². The molecule has 2 aromatic rings. The van der Waals surface area contributed by atoms with Crippen LogP contribution in [0.5, 0.6) is 5.75 Å². The maximum absolute atomic E-state index is 11.0. The molecule has 0 aliphatic heterocycles. The van der Waals surface area contributed by atoms with E-state index in [1.807, 2.05) is 24.3 Å². The Hall–Kier alpha value is -3.67. The molecule has 3 rings (SSSR count). The SMILES string of the molecule is CC(=O)C1CCC(C(C)=O)CC1.CC(=O)c1ccc(C(C)=O)cc1.COc1ccc(/C=C/C(C)=O)cc1. The third-order valence-electron chi connectivity index (χ3n) is 6.20. The Morgan fingerprint density at radius 3 is 1.30 bits per heavy atom. The summed E-state index contributed by atoms with van der Waals surface area (Å²) in [5.74, 6) is 1.96. The molecule has 6 heteroatoms. The average Bonchev–Trinajstić information content (AvgIpc) is 2.88. The van der Waals surface area contributed by atoms with Crippen molar-refractivity contribution in [2.24, 2.45) is 11.8 Å². The van der Waals surface area contributed by atoms with Gasteiger partial charge in [0.25, 0.3) is 0 Å². The fourth-order valence-electron chi connectivity index (χ4n) is 3.77. The van der Waals surface area contributed by atoms with Gasteiger partial charge in [0, 0.05) is 23.0 Å². The van der Waals surface area contributed by atoms with E-state index < -0.39 is 0 Å². The zero-order valence-corrected chi connectivity index (χ0v) is 22.7. The summed E-state index contributed by atoms with van der Waals surface area (Å²) >= 11 is 0. The van der Waals surface area contributed by atoms with Gasteiger partial charge in [-0.05, 0) is 84.1 Å². The highest BCUT2D eigenvalue weighted by atomic mass is 16.5. The van der Waals surface area contributed by atoms with Crippen molar-refractivity contribution in [3.8, 4) is 5.75 Å². The van der Waals surface area contributed by atoms with Gasteiger partial charge in [-0.1, -0.05) is 42.5 Å². The van der Waals surface area contributed by atoms with E-state index in [1.54, 1.807) is 57.4 Å². The predicted octanol–water partition coefficient (Wildman–Crippen LogP) is 6.36. The molecule has 1 fully saturated rings. The van der Waals surface area contributed by atoms with Crippen LogP contribution in [-0.4, -0.2) is 36.0 Å². The number of carbonyl (C=O) groups excluding carboxylic acids is 5. The van der Waals surface area contributed by atoms with Crippen LogP contribution < -0.4 is 4.74 Å². The van der Waals surface area contributed by atoms with Gasteiger partial charge in [0.1, 0.15) is 17.3 Å². The normalized spacial score (nSPS) is 16.4. The molecule has 0 saturated heterocycles. The summed E-state index contributed by atoms with van der Waals surface area (Å²) in [5, 5.41) is 0. The van der Waals surface area contributed by atoms with Crippen molar-refractivity contribution in [1.82, 2.24) is 0 Å². The topological polar surface area (TPSA) is 94.6 Å². The fraction of sp³-hybridized carbons (Fsp3) is 0.387. The van der Waals surface area contributed by atoms with Gasteiger partial charge in [-0.2, -0.15) is 0 Å². The Morgan fingerprint density at radius 1 is 0.649 bits per heavy atom. The third kappa shape index (κ3) is 12.2. The van der Waals surface area contributed by atoms with Gasteiger partial charge in [0.05, 0.1) is 7.11 Å². The van der Waals surface area contributed by atoms with Gasteiger partial charge in [-0.3, -0.25) is 24.0 Å². The minimum atomic E-state index is 0.0186. The molecule has 1 aliphatic carbocycles. The first kappa shape index (κ1) is 31.4. The number of ether oxygens (including phenoxy) is 1. The Kier molecular flexibility index (Phi) is 13.7. The summed E-state index contributed by atoms with van der Waals surface area (Å²) in [6.45, 7) is 7.84. The quantitative estimate of drug-likeness (QED) is 0.320. The number of ketones is 5. The molecule has 0 radical (unpaired) electrons. The van der Waals surface area contributed by atoms with Gasteiger partial charge in [-0.25, -0.2) is 0 Å². The van der Waals surface area contributed by atoms with Crippen molar-refractivity contribution in [3.05, 3.63) is 71.3 Å². The highest BCUT2D eigenvalue weighted by Gasteiger charge is 2.25. The van der Waals surface area contributed by atoms with Crippen molar-refractivity contribution in [3.63, 3.8) is 0 Å². The van der Waals surface area contributed by atoms with Crippen LogP contribution in [0, 0.1) is 11.8 Å². The standard InChI is InChI=1S/C11H12O2.C10H16O2.C10H10O2/c1-9(12)3-4-10-5-7-11(13-2)8-6-10;2*1-7(11)9-3-5-10(6-4-9)8(2)12/h3-8H,1-2H3;9-10H,3-6H2,1-2H3;3-6H,1-2H3/b4-3+;;. The molecule has 0 aromatic heterocycles. The Labute approximate surface area is 220 Å². The van der Waals surface area contributed by atoms with Crippen LogP contribution >= 0.6 is 0 Å². The summed E-state index contributed by atoms with van der Waals surface area (Å²) in [6, 6.07) is 14.2. The van der Waals surface area contributed by atoms with E-state index >= 15 is 0 Å². The van der Waals surface area contributed by atoms with E-state index in [4.69, 9.17) is 4.74 Å². The highest BCUT2D eigenvalue weighted by molar-refractivity contribution is 5.97. The van der Waals surface area contributed by atoms with Gasteiger partial charge in [-0.15, -0.1) is 0 Å². The van der Waals surface area contributed by atoms with E-state index in [9.17, 15) is 24.0 Å². The summed E-state index contributed by atoms with van der Waals surface area (Å²) in [5.41, 5.74) is 2.27.